The zero-order chi connectivity index (χ0) is 18.1. The Labute approximate surface area is 153 Å². The fraction of sp³-hybridized carbons (Fsp3) is 0.333. The lowest BCUT2D eigenvalue weighted by Gasteiger charge is -2.32. The molecule has 1 aromatic carbocycles. The molecule has 1 amide bonds. The standard InChI is InChI=1S/C18H17N5O2S/c19-8-13-7-15(22-21-13)17(24)23(9-11-3-1-4-11)10-12-5-2-6-14-16(12)26-18(25)20-14/h2,5-7,11H,1,3-4,9-10H2,(H,20,25)(H,21,22). The van der Waals surface area contributed by atoms with Crippen LogP contribution in [0.15, 0.2) is 29.1 Å². The fourth-order valence-corrected chi connectivity index (χ4v) is 4.07. The molecule has 0 aliphatic heterocycles. The number of rotatable bonds is 5. The van der Waals surface area contributed by atoms with Crippen LogP contribution in [0.3, 0.4) is 0 Å². The van der Waals surface area contributed by atoms with Gasteiger partial charge in [-0.1, -0.05) is 29.9 Å². The van der Waals surface area contributed by atoms with Gasteiger partial charge in [0, 0.05) is 19.2 Å². The first-order valence-corrected chi connectivity index (χ1v) is 9.31. The molecule has 2 aromatic heterocycles. The summed E-state index contributed by atoms with van der Waals surface area (Å²) in [4.78, 5) is 29.2. The van der Waals surface area contributed by atoms with Gasteiger partial charge < -0.3 is 9.88 Å². The Bertz CT molecular complexity index is 1050. The van der Waals surface area contributed by atoms with E-state index < -0.39 is 0 Å². The number of nitrogens with zero attached hydrogens (tertiary/aromatic N) is 3. The summed E-state index contributed by atoms with van der Waals surface area (Å²) >= 11 is 1.16. The number of thiazole rings is 1. The number of H-pyrrole nitrogens is 2. The smallest absolute Gasteiger partial charge is 0.305 e. The van der Waals surface area contributed by atoms with Crippen LogP contribution in [-0.2, 0) is 6.54 Å². The highest BCUT2D eigenvalue weighted by molar-refractivity contribution is 7.16. The molecular formula is C18H17N5O2S. The Balaban J connectivity index is 1.65. The van der Waals surface area contributed by atoms with E-state index in [4.69, 9.17) is 5.26 Å². The van der Waals surface area contributed by atoms with Gasteiger partial charge in [0.25, 0.3) is 5.91 Å². The molecule has 26 heavy (non-hydrogen) atoms. The molecule has 1 aliphatic carbocycles. The molecule has 0 atom stereocenters. The molecule has 2 heterocycles. The van der Waals surface area contributed by atoms with Crippen molar-refractivity contribution in [1.82, 2.24) is 20.1 Å². The van der Waals surface area contributed by atoms with E-state index in [1.807, 2.05) is 24.3 Å². The van der Waals surface area contributed by atoms with E-state index in [2.05, 4.69) is 15.2 Å². The monoisotopic (exact) mass is 367 g/mol. The van der Waals surface area contributed by atoms with Gasteiger partial charge in [-0.3, -0.25) is 14.7 Å². The number of nitrogens with one attached hydrogen (secondary N) is 2. The van der Waals surface area contributed by atoms with Crippen LogP contribution in [0.25, 0.3) is 10.2 Å². The minimum atomic E-state index is -0.175. The third kappa shape index (κ3) is 3.13. The SMILES string of the molecule is N#Cc1cc(C(=O)N(Cc2cccc3[nH]c(=O)sc23)CC2CCC2)[nH]n1. The normalized spacial score (nSPS) is 14.1. The molecular weight excluding hydrogens is 350 g/mol. The van der Waals surface area contributed by atoms with E-state index in [-0.39, 0.29) is 16.5 Å². The number of hydrogen-bond donors (Lipinski definition) is 2. The highest BCUT2D eigenvalue weighted by Gasteiger charge is 2.26. The number of aromatic nitrogens is 3. The summed E-state index contributed by atoms with van der Waals surface area (Å²) in [5.74, 6) is 0.326. The molecule has 1 saturated carbocycles. The van der Waals surface area contributed by atoms with Crippen molar-refractivity contribution in [3.8, 4) is 6.07 Å². The van der Waals surface area contributed by atoms with Crippen LogP contribution in [0.5, 0.6) is 0 Å². The topological polar surface area (TPSA) is 106 Å². The second kappa shape index (κ2) is 6.77. The minimum Gasteiger partial charge on any atom is -0.333 e. The van der Waals surface area contributed by atoms with E-state index in [0.29, 0.717) is 24.7 Å². The molecule has 0 spiro atoms. The van der Waals surface area contributed by atoms with Gasteiger partial charge in [-0.2, -0.15) is 10.4 Å². The first-order chi connectivity index (χ1) is 12.6. The van der Waals surface area contributed by atoms with Crippen molar-refractivity contribution in [3.05, 3.63) is 50.9 Å². The summed E-state index contributed by atoms with van der Waals surface area (Å²) in [7, 11) is 0. The van der Waals surface area contributed by atoms with Gasteiger partial charge in [0.05, 0.1) is 10.2 Å². The number of carbonyl (C=O) groups is 1. The number of fused-ring (bicyclic) bond motifs is 1. The molecule has 7 nitrogen and oxygen atoms in total. The first-order valence-electron chi connectivity index (χ1n) is 8.49. The zero-order valence-corrected chi connectivity index (χ0v) is 14.8. The largest absolute Gasteiger partial charge is 0.333 e. The quantitative estimate of drug-likeness (QED) is 0.723. The van der Waals surface area contributed by atoms with E-state index in [1.165, 1.54) is 12.5 Å². The van der Waals surface area contributed by atoms with E-state index >= 15 is 0 Å². The van der Waals surface area contributed by atoms with Gasteiger partial charge >= 0.3 is 4.87 Å². The van der Waals surface area contributed by atoms with Crippen LogP contribution in [0.2, 0.25) is 0 Å². The molecule has 8 heteroatoms. The molecule has 0 saturated heterocycles. The van der Waals surface area contributed by atoms with Crippen molar-refractivity contribution < 1.29 is 4.79 Å². The van der Waals surface area contributed by atoms with Crippen molar-refractivity contribution in [1.29, 1.82) is 5.26 Å². The van der Waals surface area contributed by atoms with E-state index in [0.717, 1.165) is 40.0 Å². The van der Waals surface area contributed by atoms with Gasteiger partial charge in [-0.15, -0.1) is 0 Å². The lowest BCUT2D eigenvalue weighted by atomic mass is 9.85. The second-order valence-electron chi connectivity index (χ2n) is 6.57. The van der Waals surface area contributed by atoms with Gasteiger partial charge in [0.15, 0.2) is 5.69 Å². The average Bonchev–Trinajstić information content (AvgIpc) is 3.22. The third-order valence-corrected chi connectivity index (χ3v) is 5.78. The highest BCUT2D eigenvalue weighted by atomic mass is 32.1. The third-order valence-electron chi connectivity index (χ3n) is 4.80. The number of carbonyl (C=O) groups excluding carboxylic acids is 1. The number of hydrogen-bond acceptors (Lipinski definition) is 5. The maximum absolute atomic E-state index is 13.0. The summed E-state index contributed by atoms with van der Waals surface area (Å²) in [5, 5.41) is 15.4. The molecule has 0 unspecified atom stereocenters. The second-order valence-corrected chi connectivity index (χ2v) is 7.55. The van der Waals surface area contributed by atoms with Crippen LogP contribution in [0.1, 0.15) is 41.0 Å². The Kier molecular flexibility index (Phi) is 4.31. The fourth-order valence-electron chi connectivity index (χ4n) is 3.23. The molecule has 1 fully saturated rings. The van der Waals surface area contributed by atoms with Crippen LogP contribution in [0, 0.1) is 17.2 Å². The Hall–Kier alpha value is -2.92. The van der Waals surface area contributed by atoms with Crippen LogP contribution in [-0.4, -0.2) is 32.5 Å². The van der Waals surface area contributed by atoms with Gasteiger partial charge in [0.1, 0.15) is 11.8 Å². The van der Waals surface area contributed by atoms with Crippen molar-refractivity contribution in [2.45, 2.75) is 25.8 Å². The number of nitriles is 1. The van der Waals surface area contributed by atoms with Crippen LogP contribution in [0.4, 0.5) is 0 Å². The van der Waals surface area contributed by atoms with Gasteiger partial charge in [0.2, 0.25) is 0 Å². The molecule has 132 valence electrons. The number of amides is 1. The number of aromatic amines is 2. The lowest BCUT2D eigenvalue weighted by Crippen LogP contribution is -2.37. The van der Waals surface area contributed by atoms with Gasteiger partial charge in [-0.05, 0) is 30.4 Å². The highest BCUT2D eigenvalue weighted by Crippen LogP contribution is 2.29. The van der Waals surface area contributed by atoms with Crippen molar-refractivity contribution in [3.63, 3.8) is 0 Å². The predicted molar refractivity (Wildman–Crippen MR) is 97.8 cm³/mol. The van der Waals surface area contributed by atoms with Crippen molar-refractivity contribution in [2.24, 2.45) is 5.92 Å². The van der Waals surface area contributed by atoms with Crippen molar-refractivity contribution in [2.75, 3.05) is 6.54 Å². The van der Waals surface area contributed by atoms with Crippen molar-refractivity contribution >= 4 is 27.5 Å². The first kappa shape index (κ1) is 16.5. The molecule has 4 rings (SSSR count). The van der Waals surface area contributed by atoms with Crippen LogP contribution < -0.4 is 4.87 Å². The van der Waals surface area contributed by atoms with E-state index in [1.54, 1.807) is 4.90 Å². The predicted octanol–water partition coefficient (Wildman–Crippen LogP) is 2.63. The molecule has 0 bridgehead atoms. The molecule has 1 aliphatic rings. The summed E-state index contributed by atoms with van der Waals surface area (Å²) in [6, 6.07) is 9.10. The Morgan fingerprint density at radius 1 is 1.42 bits per heavy atom. The Morgan fingerprint density at radius 2 is 2.27 bits per heavy atom. The summed E-state index contributed by atoms with van der Waals surface area (Å²) in [5.41, 5.74) is 2.25. The molecule has 0 radical (unpaired) electrons. The van der Waals surface area contributed by atoms with Crippen LogP contribution >= 0.6 is 11.3 Å². The maximum atomic E-state index is 13.0. The summed E-state index contributed by atoms with van der Waals surface area (Å²) in [6.45, 7) is 1.08. The van der Waals surface area contributed by atoms with E-state index in [9.17, 15) is 9.59 Å². The van der Waals surface area contributed by atoms with Gasteiger partial charge in [-0.25, -0.2) is 0 Å². The molecule has 3 aromatic rings. The summed E-state index contributed by atoms with van der Waals surface area (Å²) < 4.78 is 0.881. The average molecular weight is 367 g/mol. The minimum absolute atomic E-state index is 0.100. The Morgan fingerprint density at radius 3 is 2.96 bits per heavy atom. The maximum Gasteiger partial charge on any atom is 0.305 e. The molecule has 2 N–H and O–H groups in total. The summed E-state index contributed by atoms with van der Waals surface area (Å²) in [6.07, 6.45) is 3.44. The lowest BCUT2D eigenvalue weighted by molar-refractivity contribution is 0.0674. The zero-order valence-electron chi connectivity index (χ0n) is 14.0. The number of benzene rings is 1.